The van der Waals surface area contributed by atoms with Crippen LogP contribution in [0.15, 0.2) is 34.8 Å². The zero-order valence-electron chi connectivity index (χ0n) is 10.9. The Hall–Kier alpha value is -2.61. The molecule has 1 aliphatic rings. The maximum Gasteiger partial charge on any atom is 0.283 e. The van der Waals surface area contributed by atoms with Gasteiger partial charge in [0.25, 0.3) is 5.69 Å². The van der Waals surface area contributed by atoms with E-state index in [1.54, 1.807) is 12.1 Å². The molecule has 0 aliphatic carbocycles. The molecule has 1 heterocycles. The monoisotopic (exact) mass is 365 g/mol. The molecular weight excluding hydrogens is 358 g/mol. The molecule has 0 saturated carbocycles. The van der Waals surface area contributed by atoms with E-state index >= 15 is 0 Å². The maximum absolute atomic E-state index is 11.0. The van der Waals surface area contributed by atoms with Crippen LogP contribution in [0.4, 0.5) is 5.69 Å². The highest BCUT2D eigenvalue weighted by Crippen LogP contribution is 2.42. The van der Waals surface area contributed by atoms with E-state index < -0.39 is 4.92 Å². The van der Waals surface area contributed by atoms with Crippen LogP contribution in [0.1, 0.15) is 10.4 Å². The van der Waals surface area contributed by atoms with Gasteiger partial charge in [-0.25, -0.2) is 0 Å². The second-order valence-corrected chi connectivity index (χ2v) is 5.19. The van der Waals surface area contributed by atoms with Gasteiger partial charge in [-0.2, -0.15) is 0 Å². The van der Waals surface area contributed by atoms with E-state index in [9.17, 15) is 14.9 Å². The molecule has 0 bridgehead atoms. The molecule has 0 N–H and O–H groups in total. The van der Waals surface area contributed by atoms with Gasteiger partial charge >= 0.3 is 0 Å². The van der Waals surface area contributed by atoms with Gasteiger partial charge in [0, 0.05) is 12.1 Å². The molecule has 0 fully saturated rings. The molecule has 0 atom stereocenters. The molecule has 0 radical (unpaired) electrons. The highest BCUT2D eigenvalue weighted by atomic mass is 79.9. The lowest BCUT2D eigenvalue weighted by Gasteiger charge is -2.09. The predicted molar refractivity (Wildman–Crippen MR) is 78.8 cm³/mol. The normalized spacial score (nSPS) is 12.0. The number of nitro groups is 1. The van der Waals surface area contributed by atoms with E-state index in [4.69, 9.17) is 14.2 Å². The molecule has 0 unspecified atom stereocenters. The number of aldehydes is 1. The highest BCUT2D eigenvalue weighted by Gasteiger charge is 2.19. The van der Waals surface area contributed by atoms with E-state index in [1.807, 2.05) is 0 Å². The van der Waals surface area contributed by atoms with Crippen molar-refractivity contribution in [2.24, 2.45) is 0 Å². The molecule has 0 saturated heterocycles. The molecule has 0 aromatic heterocycles. The summed E-state index contributed by atoms with van der Waals surface area (Å²) in [7, 11) is 0. The maximum atomic E-state index is 11.0. The van der Waals surface area contributed by atoms with Crippen LogP contribution in [0.2, 0.25) is 0 Å². The van der Waals surface area contributed by atoms with E-state index in [0.717, 1.165) is 0 Å². The Balaban J connectivity index is 1.95. The summed E-state index contributed by atoms with van der Waals surface area (Å²) < 4.78 is 16.7. The van der Waals surface area contributed by atoms with Gasteiger partial charge in [-0.05, 0) is 28.1 Å². The number of rotatable bonds is 4. The van der Waals surface area contributed by atoms with Crippen molar-refractivity contribution >= 4 is 27.9 Å². The lowest BCUT2D eigenvalue weighted by atomic mass is 10.2. The summed E-state index contributed by atoms with van der Waals surface area (Å²) in [5, 5.41) is 11.0. The first kappa shape index (κ1) is 14.3. The first-order valence-corrected chi connectivity index (χ1v) is 6.88. The Labute approximate surface area is 132 Å². The third-order valence-corrected chi connectivity index (χ3v) is 3.60. The van der Waals surface area contributed by atoms with E-state index in [0.29, 0.717) is 28.0 Å². The Morgan fingerprint density at radius 3 is 2.64 bits per heavy atom. The standard InChI is InChI=1S/C14H8BrNO6/c15-10-4-13-14(21-7-20-13)5-12(10)22-9-2-1-8(6-17)11(3-9)16(18)19/h1-6H,7H2. The molecule has 0 amide bonds. The van der Waals surface area contributed by atoms with Crippen molar-refractivity contribution < 1.29 is 23.9 Å². The summed E-state index contributed by atoms with van der Waals surface area (Å²) >= 11 is 3.33. The minimum Gasteiger partial charge on any atom is -0.456 e. The zero-order valence-corrected chi connectivity index (χ0v) is 12.5. The number of fused-ring (bicyclic) bond motifs is 1. The summed E-state index contributed by atoms with van der Waals surface area (Å²) in [6, 6.07) is 7.31. The molecule has 2 aromatic rings. The predicted octanol–water partition coefficient (Wildman–Crippen LogP) is 3.69. The van der Waals surface area contributed by atoms with Crippen molar-refractivity contribution in [2.45, 2.75) is 0 Å². The SMILES string of the molecule is O=Cc1ccc(Oc2cc3c(cc2Br)OCO3)cc1[N+](=O)[O-]. The smallest absolute Gasteiger partial charge is 0.283 e. The largest absolute Gasteiger partial charge is 0.456 e. The van der Waals surface area contributed by atoms with Crippen LogP contribution in [0.3, 0.4) is 0 Å². The first-order chi connectivity index (χ1) is 10.6. The fraction of sp³-hybridized carbons (Fsp3) is 0.0714. The molecule has 8 heteroatoms. The lowest BCUT2D eigenvalue weighted by Crippen LogP contribution is -1.95. The van der Waals surface area contributed by atoms with Crippen molar-refractivity contribution in [1.82, 2.24) is 0 Å². The number of halogens is 1. The van der Waals surface area contributed by atoms with Crippen molar-refractivity contribution in [2.75, 3.05) is 6.79 Å². The fourth-order valence-electron chi connectivity index (χ4n) is 1.95. The van der Waals surface area contributed by atoms with Crippen molar-refractivity contribution in [3.63, 3.8) is 0 Å². The van der Waals surface area contributed by atoms with E-state index in [2.05, 4.69) is 15.9 Å². The van der Waals surface area contributed by atoms with Gasteiger partial charge in [0.1, 0.15) is 11.5 Å². The summed E-state index contributed by atoms with van der Waals surface area (Å²) in [5.41, 5.74) is -0.327. The Morgan fingerprint density at radius 1 is 1.23 bits per heavy atom. The van der Waals surface area contributed by atoms with Crippen LogP contribution < -0.4 is 14.2 Å². The van der Waals surface area contributed by atoms with Crippen LogP contribution in [-0.2, 0) is 0 Å². The molecule has 1 aliphatic heterocycles. The van der Waals surface area contributed by atoms with Crippen LogP contribution in [0.25, 0.3) is 0 Å². The Morgan fingerprint density at radius 2 is 1.95 bits per heavy atom. The average molecular weight is 366 g/mol. The van der Waals surface area contributed by atoms with Crippen molar-refractivity contribution in [1.29, 1.82) is 0 Å². The third-order valence-electron chi connectivity index (χ3n) is 2.98. The summed E-state index contributed by atoms with van der Waals surface area (Å²) in [6.07, 6.45) is 0.429. The number of carbonyl (C=O) groups is 1. The molecule has 0 spiro atoms. The minimum atomic E-state index is -0.634. The van der Waals surface area contributed by atoms with Crippen molar-refractivity contribution in [3.8, 4) is 23.0 Å². The van der Waals surface area contributed by atoms with Gasteiger partial charge in [-0.15, -0.1) is 0 Å². The minimum absolute atomic E-state index is 0.0119. The van der Waals surface area contributed by atoms with Crippen LogP contribution in [0.5, 0.6) is 23.0 Å². The van der Waals surface area contributed by atoms with Crippen LogP contribution in [0, 0.1) is 10.1 Å². The number of ether oxygens (including phenoxy) is 3. The summed E-state index contributed by atoms with van der Waals surface area (Å²) in [6.45, 7) is 0.130. The van der Waals surface area contributed by atoms with E-state index in [-0.39, 0.29) is 23.8 Å². The Bertz CT molecular complexity index is 776. The van der Waals surface area contributed by atoms with Gasteiger partial charge in [0.05, 0.1) is 21.0 Å². The summed E-state index contributed by atoms with van der Waals surface area (Å²) in [5.74, 6) is 1.76. The van der Waals surface area contributed by atoms with Gasteiger partial charge in [-0.3, -0.25) is 14.9 Å². The second kappa shape index (κ2) is 5.64. The van der Waals surface area contributed by atoms with Crippen LogP contribution >= 0.6 is 15.9 Å². The highest BCUT2D eigenvalue weighted by molar-refractivity contribution is 9.10. The van der Waals surface area contributed by atoms with Crippen LogP contribution in [-0.4, -0.2) is 18.0 Å². The molecule has 2 aromatic carbocycles. The number of carbonyl (C=O) groups excluding carboxylic acids is 1. The number of nitro benzene ring substituents is 1. The van der Waals surface area contributed by atoms with Gasteiger partial charge < -0.3 is 14.2 Å². The topological polar surface area (TPSA) is 87.9 Å². The molecule has 7 nitrogen and oxygen atoms in total. The number of nitrogens with zero attached hydrogens (tertiary/aromatic N) is 1. The number of benzene rings is 2. The molecule has 112 valence electrons. The third kappa shape index (κ3) is 2.60. The van der Waals surface area contributed by atoms with Crippen molar-refractivity contribution in [3.05, 3.63) is 50.5 Å². The molecule has 3 rings (SSSR count). The summed E-state index contributed by atoms with van der Waals surface area (Å²) in [4.78, 5) is 21.1. The quantitative estimate of drug-likeness (QED) is 0.466. The van der Waals surface area contributed by atoms with E-state index in [1.165, 1.54) is 18.2 Å². The first-order valence-electron chi connectivity index (χ1n) is 6.09. The van der Waals surface area contributed by atoms with Gasteiger partial charge in [0.2, 0.25) is 6.79 Å². The number of hydrogen-bond donors (Lipinski definition) is 0. The fourth-order valence-corrected chi connectivity index (χ4v) is 2.35. The lowest BCUT2D eigenvalue weighted by molar-refractivity contribution is -0.385. The van der Waals surface area contributed by atoms with Gasteiger partial charge in [0.15, 0.2) is 17.8 Å². The van der Waals surface area contributed by atoms with Gasteiger partial charge in [-0.1, -0.05) is 0 Å². The average Bonchev–Trinajstić information content (AvgIpc) is 2.94. The second-order valence-electron chi connectivity index (χ2n) is 4.33. The zero-order chi connectivity index (χ0) is 15.7. The molecule has 22 heavy (non-hydrogen) atoms. The Kier molecular flexibility index (Phi) is 3.68. The number of hydrogen-bond acceptors (Lipinski definition) is 6. The molecular formula is C14H8BrNO6.